The highest BCUT2D eigenvalue weighted by atomic mass is 16.6. The maximum Gasteiger partial charge on any atom is 0.311 e. The van der Waals surface area contributed by atoms with E-state index in [1.807, 2.05) is 44.2 Å². The lowest BCUT2D eigenvalue weighted by atomic mass is 9.96. The molecule has 0 bridgehead atoms. The number of carbonyl (C=O) groups is 1. The van der Waals surface area contributed by atoms with E-state index in [0.717, 1.165) is 5.56 Å². The van der Waals surface area contributed by atoms with Crippen LogP contribution in [0, 0.1) is 10.1 Å². The van der Waals surface area contributed by atoms with Crippen LogP contribution < -0.4 is 0 Å². The van der Waals surface area contributed by atoms with Gasteiger partial charge in [0.1, 0.15) is 6.10 Å². The molecule has 7 nitrogen and oxygen atoms in total. The van der Waals surface area contributed by atoms with Crippen molar-refractivity contribution in [3.63, 3.8) is 0 Å². The Morgan fingerprint density at radius 1 is 1.23 bits per heavy atom. The molecule has 26 heavy (non-hydrogen) atoms. The molecular formula is C19H20N2O5. The maximum atomic E-state index is 13.1. The fourth-order valence-electron chi connectivity index (χ4n) is 3.07. The Balaban J connectivity index is 1.94. The molecule has 3 rings (SSSR count). The summed E-state index contributed by atoms with van der Waals surface area (Å²) in [5.74, 6) is -1.07. The Bertz CT molecular complexity index is 835. The Hall–Kier alpha value is -2.93. The van der Waals surface area contributed by atoms with Crippen LogP contribution in [0.5, 0.6) is 5.75 Å². The number of para-hydroxylation sites is 1. The fraction of sp³-hybridized carbons (Fsp3) is 0.316. The topological polar surface area (TPSA) is 92.9 Å². The molecule has 0 unspecified atom stereocenters. The van der Waals surface area contributed by atoms with E-state index in [1.54, 1.807) is 4.90 Å². The lowest BCUT2D eigenvalue weighted by Crippen LogP contribution is -2.56. The molecule has 0 radical (unpaired) electrons. The van der Waals surface area contributed by atoms with Gasteiger partial charge in [0.25, 0.3) is 5.91 Å². The van der Waals surface area contributed by atoms with Gasteiger partial charge in [-0.1, -0.05) is 36.4 Å². The highest BCUT2D eigenvalue weighted by Gasteiger charge is 2.40. The van der Waals surface area contributed by atoms with Gasteiger partial charge in [-0.2, -0.15) is 0 Å². The lowest BCUT2D eigenvalue weighted by molar-refractivity contribution is -0.385. The molecule has 0 aliphatic carbocycles. The van der Waals surface area contributed by atoms with E-state index in [1.165, 1.54) is 18.2 Å². The van der Waals surface area contributed by atoms with Crippen molar-refractivity contribution < 1.29 is 19.6 Å². The van der Waals surface area contributed by atoms with Gasteiger partial charge in [-0.3, -0.25) is 14.9 Å². The average Bonchev–Trinajstić information content (AvgIpc) is 2.61. The van der Waals surface area contributed by atoms with Gasteiger partial charge in [-0.15, -0.1) is 0 Å². The number of nitro benzene ring substituents is 1. The second-order valence-electron chi connectivity index (χ2n) is 6.87. The second kappa shape index (κ2) is 6.76. The number of ether oxygens (including phenoxy) is 1. The van der Waals surface area contributed by atoms with E-state index in [2.05, 4.69) is 0 Å². The normalized spacial score (nSPS) is 19.2. The summed E-state index contributed by atoms with van der Waals surface area (Å²) in [4.78, 5) is 25.0. The molecule has 1 aliphatic heterocycles. The number of carbonyl (C=O) groups excluding carboxylic acids is 1. The summed E-state index contributed by atoms with van der Waals surface area (Å²) in [6.45, 7) is 4.33. The van der Waals surface area contributed by atoms with Crippen molar-refractivity contribution in [1.29, 1.82) is 0 Å². The third kappa shape index (κ3) is 3.25. The number of amides is 1. The number of phenols is 1. The van der Waals surface area contributed by atoms with Crippen LogP contribution in [0.1, 0.15) is 35.9 Å². The zero-order valence-electron chi connectivity index (χ0n) is 14.6. The maximum absolute atomic E-state index is 13.1. The molecule has 2 aromatic carbocycles. The van der Waals surface area contributed by atoms with Crippen molar-refractivity contribution in [2.45, 2.75) is 25.5 Å². The van der Waals surface area contributed by atoms with Crippen LogP contribution in [0.3, 0.4) is 0 Å². The summed E-state index contributed by atoms with van der Waals surface area (Å²) in [5.41, 5.74) is -0.231. The van der Waals surface area contributed by atoms with Gasteiger partial charge in [0.2, 0.25) is 5.75 Å². The number of hydrogen-bond acceptors (Lipinski definition) is 5. The Kier molecular flexibility index (Phi) is 4.65. The minimum absolute atomic E-state index is 0.0824. The van der Waals surface area contributed by atoms with E-state index in [9.17, 15) is 20.0 Å². The van der Waals surface area contributed by atoms with Gasteiger partial charge < -0.3 is 14.7 Å². The first kappa shape index (κ1) is 17.9. The predicted molar refractivity (Wildman–Crippen MR) is 95.0 cm³/mol. The lowest BCUT2D eigenvalue weighted by Gasteiger charge is -2.45. The molecule has 1 N–H and O–H groups in total. The molecule has 1 atom stereocenters. The van der Waals surface area contributed by atoms with Gasteiger partial charge in [0.15, 0.2) is 0 Å². The highest BCUT2D eigenvalue weighted by Crippen LogP contribution is 2.35. The highest BCUT2D eigenvalue weighted by molar-refractivity contribution is 5.98. The van der Waals surface area contributed by atoms with Gasteiger partial charge in [-0.25, -0.2) is 0 Å². The summed E-state index contributed by atoms with van der Waals surface area (Å²) in [6, 6.07) is 13.5. The summed E-state index contributed by atoms with van der Waals surface area (Å²) < 4.78 is 5.92. The van der Waals surface area contributed by atoms with Gasteiger partial charge in [0, 0.05) is 6.07 Å². The number of morpholine rings is 1. The van der Waals surface area contributed by atoms with Crippen molar-refractivity contribution in [3.8, 4) is 5.75 Å². The van der Waals surface area contributed by atoms with E-state index in [0.29, 0.717) is 6.61 Å². The van der Waals surface area contributed by atoms with Gasteiger partial charge >= 0.3 is 5.69 Å². The zero-order valence-corrected chi connectivity index (χ0v) is 14.6. The quantitative estimate of drug-likeness (QED) is 0.673. The molecule has 1 heterocycles. The number of phenolic OH excluding ortho intramolecular Hbond substituents is 1. The zero-order chi connectivity index (χ0) is 18.9. The van der Waals surface area contributed by atoms with E-state index < -0.39 is 27.8 Å². The van der Waals surface area contributed by atoms with Crippen molar-refractivity contribution in [2.75, 3.05) is 13.2 Å². The van der Waals surface area contributed by atoms with Crippen LogP contribution in [0.15, 0.2) is 48.5 Å². The first-order chi connectivity index (χ1) is 12.3. The van der Waals surface area contributed by atoms with Crippen LogP contribution in [-0.4, -0.2) is 39.5 Å². The molecule has 1 aliphatic rings. The van der Waals surface area contributed by atoms with E-state index in [4.69, 9.17) is 4.74 Å². The molecule has 0 saturated carbocycles. The number of aromatic hydroxyl groups is 1. The van der Waals surface area contributed by atoms with Crippen LogP contribution in [0.4, 0.5) is 5.69 Å². The van der Waals surface area contributed by atoms with Gasteiger partial charge in [-0.05, 0) is 25.5 Å². The van der Waals surface area contributed by atoms with Crippen LogP contribution in [0.25, 0.3) is 0 Å². The smallest absolute Gasteiger partial charge is 0.311 e. The third-order valence-electron chi connectivity index (χ3n) is 4.58. The SMILES string of the molecule is CC1(C)CO[C@@H](c2ccccc2)CN1C(=O)c1cccc([N+](=O)[O-])c1O. The number of nitro groups is 1. The van der Waals surface area contributed by atoms with E-state index >= 15 is 0 Å². The minimum atomic E-state index is -0.705. The third-order valence-corrected chi connectivity index (χ3v) is 4.58. The van der Waals surface area contributed by atoms with Crippen molar-refractivity contribution in [3.05, 3.63) is 69.8 Å². The van der Waals surface area contributed by atoms with Crippen LogP contribution >= 0.6 is 0 Å². The molecule has 2 aromatic rings. The van der Waals surface area contributed by atoms with Gasteiger partial charge in [0.05, 0.1) is 29.2 Å². The molecule has 1 amide bonds. The number of hydrogen-bond donors (Lipinski definition) is 1. The Labute approximate surface area is 151 Å². The molecule has 1 saturated heterocycles. The van der Waals surface area contributed by atoms with E-state index in [-0.39, 0.29) is 18.2 Å². The summed E-state index contributed by atoms with van der Waals surface area (Å²) >= 11 is 0. The summed E-state index contributed by atoms with van der Waals surface area (Å²) in [7, 11) is 0. The molecule has 0 spiro atoms. The van der Waals surface area contributed by atoms with Crippen LogP contribution in [0.2, 0.25) is 0 Å². The largest absolute Gasteiger partial charge is 0.502 e. The summed E-state index contributed by atoms with van der Waals surface area (Å²) in [6.07, 6.45) is -0.297. The first-order valence-corrected chi connectivity index (χ1v) is 8.26. The monoisotopic (exact) mass is 356 g/mol. The fourth-order valence-corrected chi connectivity index (χ4v) is 3.07. The van der Waals surface area contributed by atoms with Crippen molar-refractivity contribution >= 4 is 11.6 Å². The Morgan fingerprint density at radius 2 is 1.92 bits per heavy atom. The molecule has 0 aromatic heterocycles. The average molecular weight is 356 g/mol. The molecule has 7 heteroatoms. The molecule has 1 fully saturated rings. The van der Waals surface area contributed by atoms with Crippen molar-refractivity contribution in [1.82, 2.24) is 4.90 Å². The first-order valence-electron chi connectivity index (χ1n) is 8.26. The Morgan fingerprint density at radius 3 is 2.58 bits per heavy atom. The predicted octanol–water partition coefficient (Wildman–Crippen LogP) is 3.29. The number of benzene rings is 2. The van der Waals surface area contributed by atoms with Crippen LogP contribution in [-0.2, 0) is 4.74 Å². The molecule has 136 valence electrons. The molecular weight excluding hydrogens is 336 g/mol. The standard InChI is InChI=1S/C19H20N2O5/c1-19(2)12-26-16(13-7-4-3-5-8-13)11-20(19)18(23)14-9-6-10-15(17(14)22)21(24)25/h3-10,16,22H,11-12H2,1-2H3/t16-/m1/s1. The number of nitrogens with zero attached hydrogens (tertiary/aromatic N) is 2. The number of rotatable bonds is 3. The van der Waals surface area contributed by atoms with Crippen molar-refractivity contribution in [2.24, 2.45) is 0 Å². The minimum Gasteiger partial charge on any atom is -0.502 e. The summed E-state index contributed by atoms with van der Waals surface area (Å²) in [5, 5.41) is 21.2. The second-order valence-corrected chi connectivity index (χ2v) is 6.87.